The molecule has 0 amide bonds. The Morgan fingerprint density at radius 2 is 1.75 bits per heavy atom. The molecule has 0 fully saturated rings. The lowest BCUT2D eigenvalue weighted by Gasteiger charge is -2.31. The molecule has 0 bridgehead atoms. The van der Waals surface area contributed by atoms with Crippen LogP contribution in [0, 0.1) is 5.82 Å². The van der Waals surface area contributed by atoms with Crippen LogP contribution in [0.4, 0.5) is 4.39 Å². The number of benzene rings is 1. The van der Waals surface area contributed by atoms with Gasteiger partial charge in [-0.15, -0.1) is 0 Å². The van der Waals surface area contributed by atoms with E-state index in [0.717, 1.165) is 19.3 Å². The van der Waals surface area contributed by atoms with E-state index in [1.165, 1.54) is 31.7 Å². The van der Waals surface area contributed by atoms with Gasteiger partial charge in [0.05, 0.1) is 6.61 Å². The summed E-state index contributed by atoms with van der Waals surface area (Å²) in [4.78, 5) is 0. The monoisotopic (exact) mass is 281 g/mol. The highest BCUT2D eigenvalue weighted by atomic mass is 19.1. The van der Waals surface area contributed by atoms with Crippen molar-refractivity contribution in [3.63, 3.8) is 0 Å². The Hall–Kier alpha value is -0.930. The van der Waals surface area contributed by atoms with Gasteiger partial charge in [0, 0.05) is 12.0 Å². The van der Waals surface area contributed by atoms with Crippen molar-refractivity contribution in [2.75, 3.05) is 13.2 Å². The summed E-state index contributed by atoms with van der Waals surface area (Å²) in [6.45, 7) is 2.38. The van der Waals surface area contributed by atoms with Gasteiger partial charge >= 0.3 is 0 Å². The van der Waals surface area contributed by atoms with Gasteiger partial charge in [0.1, 0.15) is 5.82 Å². The number of aliphatic hydroxyl groups excluding tert-OH is 1. The Bertz CT molecular complexity index is 377. The second kappa shape index (κ2) is 9.09. The molecule has 0 aliphatic heterocycles. The Labute approximate surface area is 122 Å². The van der Waals surface area contributed by atoms with Gasteiger partial charge < -0.3 is 10.8 Å². The van der Waals surface area contributed by atoms with Gasteiger partial charge in [-0.2, -0.15) is 0 Å². The molecule has 1 aromatic rings. The van der Waals surface area contributed by atoms with Gasteiger partial charge in [0.25, 0.3) is 0 Å². The molecule has 0 spiro atoms. The maximum atomic E-state index is 14.0. The Balaban J connectivity index is 2.61. The lowest BCUT2D eigenvalue weighted by molar-refractivity contribution is 0.181. The van der Waals surface area contributed by atoms with Crippen molar-refractivity contribution >= 4 is 0 Å². The highest BCUT2D eigenvalue weighted by Gasteiger charge is 2.32. The number of hydrogen-bond donors (Lipinski definition) is 2. The molecule has 0 aromatic heterocycles. The molecule has 0 saturated heterocycles. The van der Waals surface area contributed by atoms with E-state index in [0.29, 0.717) is 5.56 Å². The lowest BCUT2D eigenvalue weighted by atomic mass is 9.76. The Morgan fingerprint density at radius 3 is 2.35 bits per heavy atom. The van der Waals surface area contributed by atoms with Crippen molar-refractivity contribution in [3.8, 4) is 0 Å². The second-order valence-corrected chi connectivity index (χ2v) is 5.64. The third-order valence-electron chi connectivity index (χ3n) is 4.15. The molecule has 1 atom stereocenters. The van der Waals surface area contributed by atoms with Crippen molar-refractivity contribution in [1.29, 1.82) is 0 Å². The van der Waals surface area contributed by atoms with Gasteiger partial charge in [0.2, 0.25) is 0 Å². The minimum absolute atomic E-state index is 0.0978. The topological polar surface area (TPSA) is 46.2 Å². The molecular weight excluding hydrogens is 253 g/mol. The number of aliphatic hydroxyl groups is 1. The van der Waals surface area contributed by atoms with E-state index in [4.69, 9.17) is 5.73 Å². The van der Waals surface area contributed by atoms with Crippen LogP contribution in [0.2, 0.25) is 0 Å². The quantitative estimate of drug-likeness (QED) is 0.641. The lowest BCUT2D eigenvalue weighted by Crippen LogP contribution is -2.39. The van der Waals surface area contributed by atoms with E-state index in [-0.39, 0.29) is 19.0 Å². The molecule has 3 N–H and O–H groups in total. The smallest absolute Gasteiger partial charge is 0.127 e. The van der Waals surface area contributed by atoms with Crippen LogP contribution in [0.25, 0.3) is 0 Å². The average molecular weight is 281 g/mol. The summed E-state index contributed by atoms with van der Waals surface area (Å²) >= 11 is 0. The minimum Gasteiger partial charge on any atom is -0.395 e. The van der Waals surface area contributed by atoms with Gasteiger partial charge in [-0.3, -0.25) is 0 Å². The fourth-order valence-electron chi connectivity index (χ4n) is 2.71. The molecule has 114 valence electrons. The number of nitrogens with two attached hydrogens (primary N) is 1. The van der Waals surface area contributed by atoms with Crippen molar-refractivity contribution in [2.45, 2.75) is 57.3 Å². The summed E-state index contributed by atoms with van der Waals surface area (Å²) < 4.78 is 14.0. The van der Waals surface area contributed by atoms with Crippen LogP contribution in [0.1, 0.15) is 57.4 Å². The first-order chi connectivity index (χ1) is 9.70. The van der Waals surface area contributed by atoms with Gasteiger partial charge in [-0.05, 0) is 18.1 Å². The predicted octanol–water partition coefficient (Wildman–Crippen LogP) is 3.77. The summed E-state index contributed by atoms with van der Waals surface area (Å²) in [6, 6.07) is 6.66. The third-order valence-corrected chi connectivity index (χ3v) is 4.15. The number of unbranched alkanes of at least 4 members (excludes halogenated alkanes) is 5. The fourth-order valence-corrected chi connectivity index (χ4v) is 2.71. The highest BCUT2D eigenvalue weighted by molar-refractivity contribution is 5.28. The Morgan fingerprint density at radius 1 is 1.10 bits per heavy atom. The van der Waals surface area contributed by atoms with E-state index in [2.05, 4.69) is 6.92 Å². The summed E-state index contributed by atoms with van der Waals surface area (Å²) in [5.74, 6) is -0.266. The van der Waals surface area contributed by atoms with Crippen LogP contribution >= 0.6 is 0 Å². The molecule has 0 heterocycles. The molecule has 1 aromatic carbocycles. The zero-order valence-electron chi connectivity index (χ0n) is 12.6. The second-order valence-electron chi connectivity index (χ2n) is 5.64. The normalized spacial score (nSPS) is 14.2. The molecule has 20 heavy (non-hydrogen) atoms. The van der Waals surface area contributed by atoms with Crippen LogP contribution in [-0.4, -0.2) is 18.3 Å². The Kier molecular flexibility index (Phi) is 7.78. The van der Waals surface area contributed by atoms with Gasteiger partial charge in [-0.1, -0.05) is 63.6 Å². The van der Waals surface area contributed by atoms with Crippen molar-refractivity contribution in [3.05, 3.63) is 35.6 Å². The zero-order valence-corrected chi connectivity index (χ0v) is 12.6. The predicted molar refractivity (Wildman–Crippen MR) is 82.2 cm³/mol. The number of rotatable bonds is 10. The maximum absolute atomic E-state index is 14.0. The largest absolute Gasteiger partial charge is 0.395 e. The molecule has 0 aliphatic rings. The molecule has 1 unspecified atom stereocenters. The molecule has 3 heteroatoms. The fraction of sp³-hybridized carbons (Fsp3) is 0.647. The van der Waals surface area contributed by atoms with E-state index < -0.39 is 5.41 Å². The zero-order chi connectivity index (χ0) is 14.8. The number of halogens is 1. The number of hydrogen-bond acceptors (Lipinski definition) is 2. The SMILES string of the molecule is CCCCCCCCC(CN)(CO)c1ccccc1F. The summed E-state index contributed by atoms with van der Waals surface area (Å²) in [6.07, 6.45) is 7.81. The standard InChI is InChI=1S/C17H28FNO/c1-2-3-4-5-6-9-12-17(13-19,14-20)15-10-7-8-11-16(15)18/h7-8,10-11,20H,2-6,9,12-14,19H2,1H3. The molecule has 2 nitrogen and oxygen atoms in total. The third kappa shape index (κ3) is 4.57. The van der Waals surface area contributed by atoms with E-state index in [9.17, 15) is 9.50 Å². The van der Waals surface area contributed by atoms with Crippen molar-refractivity contribution < 1.29 is 9.50 Å². The minimum atomic E-state index is -0.629. The summed E-state index contributed by atoms with van der Waals surface area (Å²) in [5.41, 5.74) is 5.78. The van der Waals surface area contributed by atoms with E-state index in [1.807, 2.05) is 0 Å². The maximum Gasteiger partial charge on any atom is 0.127 e. The van der Waals surface area contributed by atoms with Crippen LogP contribution in [0.3, 0.4) is 0 Å². The first kappa shape index (κ1) is 17.1. The van der Waals surface area contributed by atoms with Gasteiger partial charge in [-0.25, -0.2) is 4.39 Å². The van der Waals surface area contributed by atoms with E-state index >= 15 is 0 Å². The molecule has 0 aliphatic carbocycles. The van der Waals surface area contributed by atoms with Crippen LogP contribution < -0.4 is 5.73 Å². The van der Waals surface area contributed by atoms with Gasteiger partial charge in [0.15, 0.2) is 0 Å². The molecular formula is C17H28FNO. The van der Waals surface area contributed by atoms with Crippen molar-refractivity contribution in [2.24, 2.45) is 5.73 Å². The molecule has 1 rings (SSSR count). The van der Waals surface area contributed by atoms with Crippen LogP contribution in [-0.2, 0) is 5.41 Å². The van der Waals surface area contributed by atoms with Crippen LogP contribution in [0.5, 0.6) is 0 Å². The average Bonchev–Trinajstić information content (AvgIpc) is 2.48. The summed E-state index contributed by atoms with van der Waals surface area (Å²) in [7, 11) is 0. The van der Waals surface area contributed by atoms with Crippen molar-refractivity contribution in [1.82, 2.24) is 0 Å². The van der Waals surface area contributed by atoms with E-state index in [1.54, 1.807) is 18.2 Å². The first-order valence-electron chi connectivity index (χ1n) is 7.76. The molecule has 0 radical (unpaired) electrons. The summed E-state index contributed by atoms with van der Waals surface area (Å²) in [5, 5.41) is 9.75. The van der Waals surface area contributed by atoms with Crippen LogP contribution in [0.15, 0.2) is 24.3 Å². The first-order valence-corrected chi connectivity index (χ1v) is 7.76. The highest BCUT2D eigenvalue weighted by Crippen LogP contribution is 2.31. The molecule has 0 saturated carbocycles.